The Morgan fingerprint density at radius 3 is 2.36 bits per heavy atom. The Morgan fingerprint density at radius 1 is 1.29 bits per heavy atom. The third-order valence-corrected chi connectivity index (χ3v) is 2.72. The lowest BCUT2D eigenvalue weighted by Crippen LogP contribution is -2.46. The van der Waals surface area contributed by atoms with Crippen molar-refractivity contribution in [2.45, 2.75) is 32.8 Å². The molecule has 0 aliphatic heterocycles. The molecule has 0 bridgehead atoms. The molecule has 2 radical (unpaired) electrons. The van der Waals surface area contributed by atoms with E-state index in [4.69, 9.17) is 7.85 Å². The minimum Gasteiger partial charge on any atom is -0.316 e. The normalized spacial score (nSPS) is 15.4. The van der Waals surface area contributed by atoms with E-state index in [-0.39, 0.29) is 5.44 Å². The van der Waals surface area contributed by atoms with Gasteiger partial charge in [-0.15, -0.1) is 0 Å². The first kappa shape index (κ1) is 11.3. The van der Waals surface area contributed by atoms with Crippen molar-refractivity contribution in [2.24, 2.45) is 5.92 Å². The van der Waals surface area contributed by atoms with Gasteiger partial charge in [-0.25, -0.2) is 0 Å². The SMILES string of the molecule is [B]C(C)(NCc1ccccc1)C(C)C. The van der Waals surface area contributed by atoms with Crippen molar-refractivity contribution in [3.8, 4) is 0 Å². The largest absolute Gasteiger partial charge is 0.316 e. The van der Waals surface area contributed by atoms with Crippen LogP contribution >= 0.6 is 0 Å². The van der Waals surface area contributed by atoms with Crippen LogP contribution in [0.15, 0.2) is 30.3 Å². The average molecular weight is 187 g/mol. The molecule has 0 spiro atoms. The first-order chi connectivity index (χ1) is 6.52. The van der Waals surface area contributed by atoms with E-state index in [1.165, 1.54) is 5.56 Å². The maximum atomic E-state index is 6.10. The summed E-state index contributed by atoms with van der Waals surface area (Å²) in [7, 11) is 6.10. The molecule has 0 saturated heterocycles. The van der Waals surface area contributed by atoms with Crippen LogP contribution in [0, 0.1) is 5.92 Å². The molecule has 0 fully saturated rings. The van der Waals surface area contributed by atoms with Crippen molar-refractivity contribution in [3.63, 3.8) is 0 Å². The maximum Gasteiger partial charge on any atom is 0.0953 e. The van der Waals surface area contributed by atoms with Crippen molar-refractivity contribution in [3.05, 3.63) is 35.9 Å². The highest BCUT2D eigenvalue weighted by molar-refractivity contribution is 6.15. The minimum atomic E-state index is -0.296. The number of hydrogen-bond acceptors (Lipinski definition) is 1. The fourth-order valence-corrected chi connectivity index (χ4v) is 1.09. The summed E-state index contributed by atoms with van der Waals surface area (Å²) in [4.78, 5) is 0. The fraction of sp³-hybridized carbons (Fsp3) is 0.500. The first-order valence-electron chi connectivity index (χ1n) is 5.10. The second kappa shape index (κ2) is 4.65. The van der Waals surface area contributed by atoms with E-state index in [1.54, 1.807) is 0 Å². The van der Waals surface area contributed by atoms with E-state index >= 15 is 0 Å². The van der Waals surface area contributed by atoms with Gasteiger partial charge in [-0.2, -0.15) is 0 Å². The number of nitrogens with one attached hydrogen (secondary N) is 1. The van der Waals surface area contributed by atoms with E-state index < -0.39 is 0 Å². The van der Waals surface area contributed by atoms with Gasteiger partial charge in [0.2, 0.25) is 0 Å². The molecule has 1 rings (SSSR count). The smallest absolute Gasteiger partial charge is 0.0953 e. The summed E-state index contributed by atoms with van der Waals surface area (Å²) in [5.41, 5.74) is 0.973. The molecule has 0 heterocycles. The highest BCUT2D eigenvalue weighted by atomic mass is 14.9. The van der Waals surface area contributed by atoms with E-state index in [0.717, 1.165) is 6.54 Å². The highest BCUT2D eigenvalue weighted by Gasteiger charge is 2.20. The molecule has 0 aliphatic rings. The van der Waals surface area contributed by atoms with Crippen molar-refractivity contribution in [1.82, 2.24) is 5.32 Å². The molecular formula is C12H18BN. The lowest BCUT2D eigenvalue weighted by Gasteiger charge is -2.31. The van der Waals surface area contributed by atoms with E-state index in [1.807, 2.05) is 25.1 Å². The predicted molar refractivity (Wildman–Crippen MR) is 62.3 cm³/mol. The molecule has 0 aromatic heterocycles. The lowest BCUT2D eigenvalue weighted by molar-refractivity contribution is 0.372. The molecule has 1 atom stereocenters. The van der Waals surface area contributed by atoms with Gasteiger partial charge in [0.15, 0.2) is 0 Å². The molecule has 1 N–H and O–H groups in total. The molecule has 1 unspecified atom stereocenters. The fourth-order valence-electron chi connectivity index (χ4n) is 1.09. The van der Waals surface area contributed by atoms with Gasteiger partial charge in [0, 0.05) is 6.54 Å². The molecule has 2 heteroatoms. The molecule has 74 valence electrons. The van der Waals surface area contributed by atoms with Crippen LogP contribution in [0.5, 0.6) is 0 Å². The van der Waals surface area contributed by atoms with Crippen LogP contribution in [0.1, 0.15) is 26.3 Å². The maximum absolute atomic E-state index is 6.10. The molecule has 1 aromatic carbocycles. The van der Waals surface area contributed by atoms with Gasteiger partial charge >= 0.3 is 0 Å². The van der Waals surface area contributed by atoms with Crippen LogP contribution in [0.2, 0.25) is 0 Å². The molecule has 1 nitrogen and oxygen atoms in total. The molecular weight excluding hydrogens is 169 g/mol. The zero-order valence-corrected chi connectivity index (χ0v) is 9.25. The van der Waals surface area contributed by atoms with Crippen LogP contribution in [0.25, 0.3) is 0 Å². The molecule has 0 amide bonds. The second-order valence-electron chi connectivity index (χ2n) is 4.28. The summed E-state index contributed by atoms with van der Waals surface area (Å²) in [5, 5.41) is 3.35. The molecule has 0 saturated carbocycles. The van der Waals surface area contributed by atoms with Crippen molar-refractivity contribution >= 4 is 7.85 Å². The van der Waals surface area contributed by atoms with Crippen molar-refractivity contribution in [2.75, 3.05) is 0 Å². The van der Waals surface area contributed by atoms with Crippen molar-refractivity contribution in [1.29, 1.82) is 0 Å². The van der Waals surface area contributed by atoms with Crippen LogP contribution < -0.4 is 5.32 Å². The summed E-state index contributed by atoms with van der Waals surface area (Å²) in [6.45, 7) is 7.10. The molecule has 1 aromatic rings. The van der Waals surface area contributed by atoms with E-state index in [0.29, 0.717) is 5.92 Å². The Balaban J connectivity index is 2.49. The third-order valence-electron chi connectivity index (χ3n) is 2.72. The quantitative estimate of drug-likeness (QED) is 0.713. The average Bonchev–Trinajstić information content (AvgIpc) is 2.16. The zero-order valence-electron chi connectivity index (χ0n) is 9.25. The topological polar surface area (TPSA) is 12.0 Å². The highest BCUT2D eigenvalue weighted by Crippen LogP contribution is 2.12. The summed E-state index contributed by atoms with van der Waals surface area (Å²) < 4.78 is 0. The van der Waals surface area contributed by atoms with Gasteiger partial charge in [0.05, 0.1) is 7.85 Å². The standard InChI is InChI=1S/C12H18BN/c1-10(2)12(3,13)14-9-11-7-5-4-6-8-11/h4-8,10,14H,9H2,1-3H3. The van der Waals surface area contributed by atoms with Gasteiger partial charge in [-0.05, 0) is 16.9 Å². The Bertz CT molecular complexity index is 267. The molecule has 0 aliphatic carbocycles. The van der Waals surface area contributed by atoms with Gasteiger partial charge in [-0.3, -0.25) is 0 Å². The predicted octanol–water partition coefficient (Wildman–Crippen LogP) is 2.32. The van der Waals surface area contributed by atoms with Crippen LogP contribution in [0.3, 0.4) is 0 Å². The van der Waals surface area contributed by atoms with Gasteiger partial charge in [0.25, 0.3) is 0 Å². The Morgan fingerprint density at radius 2 is 1.86 bits per heavy atom. The summed E-state index contributed by atoms with van der Waals surface area (Å²) in [6, 6.07) is 10.3. The summed E-state index contributed by atoms with van der Waals surface area (Å²) in [6.07, 6.45) is 0. The first-order valence-corrected chi connectivity index (χ1v) is 5.10. The lowest BCUT2D eigenvalue weighted by atomic mass is 9.71. The van der Waals surface area contributed by atoms with Crippen LogP contribution in [0.4, 0.5) is 0 Å². The number of benzene rings is 1. The number of rotatable bonds is 4. The summed E-state index contributed by atoms with van der Waals surface area (Å²) in [5.74, 6) is 0.422. The summed E-state index contributed by atoms with van der Waals surface area (Å²) >= 11 is 0. The Labute approximate surface area is 88.3 Å². The van der Waals surface area contributed by atoms with E-state index in [2.05, 4.69) is 31.3 Å². The molecule has 14 heavy (non-hydrogen) atoms. The minimum absolute atomic E-state index is 0.296. The Kier molecular flexibility index (Phi) is 3.76. The number of hydrogen-bond donors (Lipinski definition) is 1. The zero-order chi connectivity index (χ0) is 10.6. The van der Waals surface area contributed by atoms with Gasteiger partial charge in [0.1, 0.15) is 0 Å². The van der Waals surface area contributed by atoms with Crippen molar-refractivity contribution < 1.29 is 0 Å². The Hall–Kier alpha value is -0.755. The third kappa shape index (κ3) is 3.19. The van der Waals surface area contributed by atoms with Gasteiger partial charge < -0.3 is 5.32 Å². The monoisotopic (exact) mass is 187 g/mol. The van der Waals surface area contributed by atoms with Crippen LogP contribution in [-0.4, -0.2) is 13.3 Å². The van der Waals surface area contributed by atoms with Gasteiger partial charge in [-0.1, -0.05) is 51.1 Å². The van der Waals surface area contributed by atoms with Crippen LogP contribution in [-0.2, 0) is 6.54 Å². The second-order valence-corrected chi connectivity index (χ2v) is 4.28. The van der Waals surface area contributed by atoms with E-state index in [9.17, 15) is 0 Å².